The monoisotopic (exact) mass is 420 g/mol. The zero-order valence-electron chi connectivity index (χ0n) is 17.6. The van der Waals surface area contributed by atoms with E-state index in [-0.39, 0.29) is 0 Å². The molecule has 3 nitrogen and oxygen atoms in total. The van der Waals surface area contributed by atoms with E-state index in [1.165, 1.54) is 35.7 Å². The molecule has 1 N–H and O–H groups in total. The largest absolute Gasteiger partial charge is 0.381 e. The lowest BCUT2D eigenvalue weighted by Crippen LogP contribution is -2.16. The van der Waals surface area contributed by atoms with E-state index in [1.807, 2.05) is 24.3 Å². The molecular formula is C26H29ClN2O. The first-order valence-corrected chi connectivity index (χ1v) is 11.3. The maximum Gasteiger partial charge on any atom is 0.0931 e. The average Bonchev–Trinajstić information content (AvgIpc) is 3.13. The van der Waals surface area contributed by atoms with Crippen LogP contribution < -0.4 is 5.32 Å². The predicted molar refractivity (Wildman–Crippen MR) is 126 cm³/mol. The van der Waals surface area contributed by atoms with E-state index in [0.29, 0.717) is 6.54 Å². The van der Waals surface area contributed by atoms with Crippen molar-refractivity contribution in [1.29, 1.82) is 0 Å². The molecule has 3 aromatic rings. The molecule has 0 spiro atoms. The van der Waals surface area contributed by atoms with Crippen molar-refractivity contribution < 1.29 is 4.74 Å². The number of ether oxygens (including phenoxy) is 1. The summed E-state index contributed by atoms with van der Waals surface area (Å²) in [6.45, 7) is 5.55. The summed E-state index contributed by atoms with van der Waals surface area (Å²) in [5.41, 5.74) is 4.79. The van der Waals surface area contributed by atoms with Crippen LogP contribution in [0.4, 0.5) is 5.69 Å². The van der Waals surface area contributed by atoms with Gasteiger partial charge in [-0.05, 0) is 92.5 Å². The normalized spacial score (nSPS) is 14.5. The standard InChI is InChI=1S/C26H29ClN2O/c1-2-29-25(4-3-15-28-24-10-8-23(27)9-11-24)19-22-18-21(7-12-26(22)29)6-5-20-13-16-30-17-14-20/h7-12,18-20,28H,2,5-6,13-17H2,1H3. The molecule has 156 valence electrons. The van der Waals surface area contributed by atoms with Crippen LogP contribution in [0.25, 0.3) is 10.9 Å². The number of nitrogens with one attached hydrogen (secondary N) is 1. The Morgan fingerprint density at radius 2 is 1.90 bits per heavy atom. The Balaban J connectivity index is 1.43. The minimum Gasteiger partial charge on any atom is -0.381 e. The van der Waals surface area contributed by atoms with E-state index in [9.17, 15) is 0 Å². The average molecular weight is 421 g/mol. The van der Waals surface area contributed by atoms with E-state index in [2.05, 4.69) is 52.9 Å². The van der Waals surface area contributed by atoms with E-state index in [0.717, 1.165) is 48.5 Å². The fourth-order valence-corrected chi connectivity index (χ4v) is 4.30. The molecule has 2 heterocycles. The van der Waals surface area contributed by atoms with Crippen LogP contribution in [-0.2, 0) is 17.7 Å². The third-order valence-electron chi connectivity index (χ3n) is 5.91. The maximum atomic E-state index is 5.93. The van der Waals surface area contributed by atoms with Crippen molar-refractivity contribution in [2.24, 2.45) is 5.92 Å². The topological polar surface area (TPSA) is 26.2 Å². The Morgan fingerprint density at radius 1 is 1.10 bits per heavy atom. The van der Waals surface area contributed by atoms with Crippen molar-refractivity contribution in [1.82, 2.24) is 4.57 Å². The van der Waals surface area contributed by atoms with Gasteiger partial charge in [0.25, 0.3) is 0 Å². The lowest BCUT2D eigenvalue weighted by molar-refractivity contribution is 0.0640. The highest BCUT2D eigenvalue weighted by Gasteiger charge is 2.14. The van der Waals surface area contributed by atoms with Gasteiger partial charge in [-0.3, -0.25) is 0 Å². The van der Waals surface area contributed by atoms with Gasteiger partial charge in [-0.2, -0.15) is 0 Å². The Bertz CT molecular complexity index is 1040. The van der Waals surface area contributed by atoms with Crippen LogP contribution in [0.2, 0.25) is 5.02 Å². The van der Waals surface area contributed by atoms with Gasteiger partial charge in [-0.1, -0.05) is 23.6 Å². The number of hydrogen-bond donors (Lipinski definition) is 1. The molecule has 4 heteroatoms. The molecule has 1 aromatic heterocycles. The number of fused-ring (bicyclic) bond motifs is 1. The Labute approximate surface area is 184 Å². The van der Waals surface area contributed by atoms with E-state index < -0.39 is 0 Å². The van der Waals surface area contributed by atoms with Crippen LogP contribution in [0.5, 0.6) is 0 Å². The van der Waals surface area contributed by atoms with Crippen LogP contribution in [0.3, 0.4) is 0 Å². The molecular weight excluding hydrogens is 392 g/mol. The second-order valence-electron chi connectivity index (χ2n) is 7.92. The summed E-state index contributed by atoms with van der Waals surface area (Å²) < 4.78 is 7.78. The molecule has 1 fully saturated rings. The van der Waals surface area contributed by atoms with Gasteiger partial charge in [0.15, 0.2) is 0 Å². The zero-order valence-corrected chi connectivity index (χ0v) is 18.3. The van der Waals surface area contributed by atoms with Gasteiger partial charge < -0.3 is 14.6 Å². The third kappa shape index (κ3) is 5.19. The van der Waals surface area contributed by atoms with Gasteiger partial charge in [0.05, 0.1) is 12.2 Å². The smallest absolute Gasteiger partial charge is 0.0931 e. The van der Waals surface area contributed by atoms with Gasteiger partial charge in [-0.15, -0.1) is 0 Å². The molecule has 0 aliphatic carbocycles. The Morgan fingerprint density at radius 3 is 2.67 bits per heavy atom. The second kappa shape index (κ2) is 10.1. The number of rotatable bonds is 6. The number of halogens is 1. The Hall–Kier alpha value is -2.41. The van der Waals surface area contributed by atoms with Crippen LogP contribution >= 0.6 is 11.6 Å². The van der Waals surface area contributed by atoms with Crippen molar-refractivity contribution in [3.63, 3.8) is 0 Å². The second-order valence-corrected chi connectivity index (χ2v) is 8.36. The van der Waals surface area contributed by atoms with Crippen LogP contribution in [0.1, 0.15) is 37.4 Å². The van der Waals surface area contributed by atoms with Gasteiger partial charge in [0, 0.05) is 41.4 Å². The van der Waals surface area contributed by atoms with Crippen molar-refractivity contribution in [2.75, 3.05) is 25.1 Å². The third-order valence-corrected chi connectivity index (χ3v) is 6.16. The number of aryl methyl sites for hydroxylation is 2. The minimum atomic E-state index is 0.600. The van der Waals surface area contributed by atoms with Crippen molar-refractivity contribution >= 4 is 28.2 Å². The summed E-state index contributed by atoms with van der Waals surface area (Å²) in [4.78, 5) is 0. The van der Waals surface area contributed by atoms with Crippen LogP contribution in [0.15, 0.2) is 48.5 Å². The summed E-state index contributed by atoms with van der Waals surface area (Å²) in [5.74, 6) is 7.41. The molecule has 4 rings (SSSR count). The SMILES string of the molecule is CCn1c(C#CCNc2ccc(Cl)cc2)cc2cc(CCC3CCOCC3)ccc21. The molecule has 0 saturated carbocycles. The minimum absolute atomic E-state index is 0.600. The number of aromatic nitrogens is 1. The molecule has 30 heavy (non-hydrogen) atoms. The summed E-state index contributed by atoms with van der Waals surface area (Å²) in [5, 5.41) is 5.35. The first kappa shape index (κ1) is 20.8. The number of nitrogens with zero attached hydrogens (tertiary/aromatic N) is 1. The molecule has 1 aliphatic rings. The first-order chi connectivity index (χ1) is 14.7. The van der Waals surface area contributed by atoms with Crippen molar-refractivity contribution in [3.8, 4) is 11.8 Å². The molecule has 0 atom stereocenters. The predicted octanol–water partition coefficient (Wildman–Crippen LogP) is 6.14. The molecule has 0 amide bonds. The van der Waals surface area contributed by atoms with Crippen LogP contribution in [0, 0.1) is 17.8 Å². The fraction of sp³-hybridized carbons (Fsp3) is 0.385. The molecule has 0 bridgehead atoms. The summed E-state index contributed by atoms with van der Waals surface area (Å²) in [7, 11) is 0. The highest BCUT2D eigenvalue weighted by atomic mass is 35.5. The van der Waals surface area contributed by atoms with E-state index >= 15 is 0 Å². The number of anilines is 1. The van der Waals surface area contributed by atoms with Gasteiger partial charge in [0.1, 0.15) is 0 Å². The molecule has 1 saturated heterocycles. The quantitative estimate of drug-likeness (QED) is 0.485. The highest BCUT2D eigenvalue weighted by molar-refractivity contribution is 6.30. The van der Waals surface area contributed by atoms with E-state index in [4.69, 9.17) is 16.3 Å². The zero-order chi connectivity index (χ0) is 20.8. The number of benzene rings is 2. The van der Waals surface area contributed by atoms with Gasteiger partial charge in [-0.25, -0.2) is 0 Å². The lowest BCUT2D eigenvalue weighted by atomic mass is 9.92. The first-order valence-electron chi connectivity index (χ1n) is 10.9. The maximum absolute atomic E-state index is 5.93. The van der Waals surface area contributed by atoms with Crippen molar-refractivity contribution in [3.05, 3.63) is 64.8 Å². The lowest BCUT2D eigenvalue weighted by Gasteiger charge is -2.21. The highest BCUT2D eigenvalue weighted by Crippen LogP contribution is 2.25. The molecule has 0 unspecified atom stereocenters. The summed E-state index contributed by atoms with van der Waals surface area (Å²) in [6.07, 6.45) is 4.81. The Kier molecular flexibility index (Phi) is 7.00. The molecule has 1 aliphatic heterocycles. The van der Waals surface area contributed by atoms with Crippen molar-refractivity contribution in [2.45, 2.75) is 39.2 Å². The van der Waals surface area contributed by atoms with Gasteiger partial charge >= 0.3 is 0 Å². The van der Waals surface area contributed by atoms with Crippen LogP contribution in [-0.4, -0.2) is 24.3 Å². The van der Waals surface area contributed by atoms with E-state index in [1.54, 1.807) is 0 Å². The number of hydrogen-bond acceptors (Lipinski definition) is 2. The molecule has 2 aromatic carbocycles. The summed E-state index contributed by atoms with van der Waals surface area (Å²) >= 11 is 5.93. The summed E-state index contributed by atoms with van der Waals surface area (Å²) in [6, 6.07) is 16.8. The fourth-order valence-electron chi connectivity index (χ4n) is 4.17. The van der Waals surface area contributed by atoms with Gasteiger partial charge in [0.2, 0.25) is 0 Å². The molecule has 0 radical (unpaired) electrons.